The first-order valence-corrected chi connectivity index (χ1v) is 11.9. The van der Waals surface area contributed by atoms with Crippen molar-refractivity contribution in [2.45, 2.75) is 46.1 Å². The molecule has 1 N–H and O–H groups in total. The van der Waals surface area contributed by atoms with E-state index in [0.29, 0.717) is 17.9 Å². The molecule has 6 nitrogen and oxygen atoms in total. The Bertz CT molecular complexity index is 1020. The van der Waals surface area contributed by atoms with E-state index >= 15 is 0 Å². The molecular weight excluding hydrogens is 414 g/mol. The van der Waals surface area contributed by atoms with Crippen LogP contribution in [0.1, 0.15) is 50.7 Å². The Morgan fingerprint density at radius 3 is 2.30 bits per heavy atom. The lowest BCUT2D eigenvalue weighted by molar-refractivity contribution is -0.115. The van der Waals surface area contributed by atoms with Gasteiger partial charge in [0.1, 0.15) is 5.92 Å². The average Bonchev–Trinajstić information content (AvgIpc) is 3.11. The number of carbonyl (C=O) groups is 1. The third-order valence-electron chi connectivity index (χ3n) is 6.64. The number of fused-ring (bicyclic) bond motifs is 1. The van der Waals surface area contributed by atoms with Gasteiger partial charge in [0.25, 0.3) is 0 Å². The van der Waals surface area contributed by atoms with Crippen molar-refractivity contribution in [2.75, 3.05) is 32.6 Å². The van der Waals surface area contributed by atoms with Crippen LogP contribution in [0.4, 0.5) is 11.4 Å². The fraction of sp³-hybridized carbons (Fsp3) is 0.481. The van der Waals surface area contributed by atoms with Gasteiger partial charge in [-0.2, -0.15) is 0 Å². The molecule has 1 fully saturated rings. The number of anilines is 1. The minimum absolute atomic E-state index is 0.0640. The fourth-order valence-electron chi connectivity index (χ4n) is 5.29. The Morgan fingerprint density at radius 2 is 1.70 bits per heavy atom. The molecule has 2 aromatic carbocycles. The molecule has 1 saturated heterocycles. The van der Waals surface area contributed by atoms with E-state index in [4.69, 9.17) is 14.5 Å². The maximum absolute atomic E-state index is 12.9. The summed E-state index contributed by atoms with van der Waals surface area (Å²) in [6.07, 6.45) is 2.00. The summed E-state index contributed by atoms with van der Waals surface area (Å²) in [5.74, 6) is 2.22. The summed E-state index contributed by atoms with van der Waals surface area (Å²) in [6, 6.07) is 12.1. The van der Waals surface area contributed by atoms with Crippen LogP contribution >= 0.6 is 0 Å². The molecule has 176 valence electrons. The number of rotatable bonds is 7. The summed E-state index contributed by atoms with van der Waals surface area (Å²) in [4.78, 5) is 20.3. The Hall–Kier alpha value is -2.86. The molecule has 33 heavy (non-hydrogen) atoms. The van der Waals surface area contributed by atoms with Gasteiger partial charge in [0.05, 0.1) is 19.9 Å². The number of benzene rings is 2. The lowest BCUT2D eigenvalue weighted by atomic mass is 9.91. The third-order valence-corrected chi connectivity index (χ3v) is 6.64. The number of nitrogens with one attached hydrogen (secondary N) is 1. The number of hydrogen-bond donors (Lipinski definition) is 1. The summed E-state index contributed by atoms with van der Waals surface area (Å²) < 4.78 is 10.8. The van der Waals surface area contributed by atoms with Crippen molar-refractivity contribution in [3.8, 4) is 11.5 Å². The van der Waals surface area contributed by atoms with Gasteiger partial charge in [-0.1, -0.05) is 32.9 Å². The molecule has 0 aromatic heterocycles. The van der Waals surface area contributed by atoms with E-state index in [1.165, 1.54) is 12.0 Å². The lowest BCUT2D eigenvalue weighted by Gasteiger charge is -2.35. The summed E-state index contributed by atoms with van der Waals surface area (Å²) in [5.41, 5.74) is 4.64. The molecule has 0 spiro atoms. The first-order valence-electron chi connectivity index (χ1n) is 11.9. The van der Waals surface area contributed by atoms with Crippen molar-refractivity contribution in [3.05, 3.63) is 47.5 Å². The predicted molar refractivity (Wildman–Crippen MR) is 133 cm³/mol. The lowest BCUT2D eigenvalue weighted by Crippen LogP contribution is -2.38. The van der Waals surface area contributed by atoms with Crippen LogP contribution in [0.25, 0.3) is 0 Å². The van der Waals surface area contributed by atoms with Gasteiger partial charge >= 0.3 is 0 Å². The second-order valence-corrected chi connectivity index (χ2v) is 9.48. The highest BCUT2D eigenvalue weighted by molar-refractivity contribution is 6.19. The summed E-state index contributed by atoms with van der Waals surface area (Å²) in [5, 5.41) is 2.97. The maximum atomic E-state index is 12.9. The fourth-order valence-corrected chi connectivity index (χ4v) is 5.29. The Balaban J connectivity index is 1.54. The molecule has 3 atom stereocenters. The van der Waals surface area contributed by atoms with Gasteiger partial charge in [-0.05, 0) is 54.0 Å². The SMILES string of the molecule is CCC(=Nc1ccc(CN2CC(C)CC(C)C2)cc1)C1C(=O)Nc2cc(OC)c(OC)cc21. The molecule has 0 aliphatic carbocycles. The first-order chi connectivity index (χ1) is 15.9. The van der Waals surface area contributed by atoms with E-state index in [1.807, 2.05) is 19.1 Å². The number of methoxy groups -OCH3 is 2. The van der Waals surface area contributed by atoms with Crippen LogP contribution in [-0.4, -0.2) is 43.8 Å². The maximum Gasteiger partial charge on any atom is 0.237 e. The second-order valence-electron chi connectivity index (χ2n) is 9.48. The standard InChI is InChI=1S/C27H35N3O3/c1-6-22(26-21-12-24(32-4)25(33-5)13-23(21)29-27(26)31)28-20-9-7-19(8-10-20)16-30-14-17(2)11-18(3)15-30/h7-10,12-13,17-18,26H,6,11,14-16H2,1-5H3,(H,29,31). The van der Waals surface area contributed by atoms with Gasteiger partial charge in [0, 0.05) is 37.1 Å². The zero-order chi connectivity index (χ0) is 23.5. The Morgan fingerprint density at radius 1 is 1.06 bits per heavy atom. The number of nitrogens with zero attached hydrogens (tertiary/aromatic N) is 2. The Labute approximate surface area is 197 Å². The number of amides is 1. The monoisotopic (exact) mass is 449 g/mol. The van der Waals surface area contributed by atoms with Crippen LogP contribution in [-0.2, 0) is 11.3 Å². The number of carbonyl (C=O) groups excluding carboxylic acids is 1. The minimum Gasteiger partial charge on any atom is -0.493 e. The summed E-state index contributed by atoms with van der Waals surface area (Å²) in [7, 11) is 3.19. The van der Waals surface area contributed by atoms with Crippen LogP contribution < -0.4 is 14.8 Å². The van der Waals surface area contributed by atoms with Crippen molar-refractivity contribution in [1.29, 1.82) is 0 Å². The van der Waals surface area contributed by atoms with Gasteiger partial charge in [-0.15, -0.1) is 0 Å². The molecular formula is C27H35N3O3. The van der Waals surface area contributed by atoms with E-state index in [9.17, 15) is 4.79 Å². The number of likely N-dealkylation sites (tertiary alicyclic amines) is 1. The number of ether oxygens (including phenoxy) is 2. The van der Waals surface area contributed by atoms with Gasteiger partial charge in [0.15, 0.2) is 11.5 Å². The smallest absolute Gasteiger partial charge is 0.237 e. The number of aliphatic imine (C=N–C) groups is 1. The van der Waals surface area contributed by atoms with Crippen LogP contribution in [0.3, 0.4) is 0 Å². The third kappa shape index (κ3) is 5.06. The normalized spacial score (nSPS) is 23.2. The van der Waals surface area contributed by atoms with Crippen molar-refractivity contribution in [1.82, 2.24) is 4.90 Å². The highest BCUT2D eigenvalue weighted by Crippen LogP contribution is 2.42. The molecule has 6 heteroatoms. The molecule has 2 aromatic rings. The molecule has 0 saturated carbocycles. The van der Waals surface area contributed by atoms with E-state index in [-0.39, 0.29) is 5.91 Å². The predicted octanol–water partition coefficient (Wildman–Crippen LogP) is 5.40. The van der Waals surface area contributed by atoms with Gasteiger partial charge in [-0.25, -0.2) is 0 Å². The van der Waals surface area contributed by atoms with Crippen LogP contribution in [0.15, 0.2) is 41.4 Å². The van der Waals surface area contributed by atoms with Crippen LogP contribution in [0, 0.1) is 11.8 Å². The van der Waals surface area contributed by atoms with Crippen molar-refractivity contribution >= 4 is 23.0 Å². The Kier molecular flexibility index (Phi) is 7.03. The van der Waals surface area contributed by atoms with Gasteiger partial charge < -0.3 is 14.8 Å². The quantitative estimate of drug-likeness (QED) is 0.575. The molecule has 2 aliphatic rings. The minimum atomic E-state index is -0.430. The molecule has 2 aliphatic heterocycles. The van der Waals surface area contributed by atoms with E-state index < -0.39 is 5.92 Å². The second kappa shape index (κ2) is 9.96. The topological polar surface area (TPSA) is 63.2 Å². The van der Waals surface area contributed by atoms with E-state index in [2.05, 4.69) is 48.3 Å². The van der Waals surface area contributed by atoms with Crippen LogP contribution in [0.2, 0.25) is 0 Å². The van der Waals surface area contributed by atoms with Crippen molar-refractivity contribution < 1.29 is 14.3 Å². The first kappa shape index (κ1) is 23.3. The number of hydrogen-bond acceptors (Lipinski definition) is 5. The van der Waals surface area contributed by atoms with Crippen LogP contribution in [0.5, 0.6) is 11.5 Å². The van der Waals surface area contributed by atoms with Crippen molar-refractivity contribution in [2.24, 2.45) is 16.8 Å². The van der Waals surface area contributed by atoms with Gasteiger partial charge in [0.2, 0.25) is 5.91 Å². The average molecular weight is 450 g/mol. The summed E-state index contributed by atoms with van der Waals surface area (Å²) >= 11 is 0. The largest absolute Gasteiger partial charge is 0.493 e. The zero-order valence-electron chi connectivity index (χ0n) is 20.4. The number of piperidine rings is 1. The molecule has 2 heterocycles. The molecule has 3 unspecified atom stereocenters. The molecule has 0 radical (unpaired) electrons. The summed E-state index contributed by atoms with van der Waals surface area (Å²) in [6.45, 7) is 10.0. The highest BCUT2D eigenvalue weighted by atomic mass is 16.5. The van der Waals surface area contributed by atoms with E-state index in [0.717, 1.165) is 54.1 Å². The highest BCUT2D eigenvalue weighted by Gasteiger charge is 2.35. The van der Waals surface area contributed by atoms with E-state index in [1.54, 1.807) is 14.2 Å². The van der Waals surface area contributed by atoms with Gasteiger partial charge in [-0.3, -0.25) is 14.7 Å². The molecule has 4 rings (SSSR count). The zero-order valence-corrected chi connectivity index (χ0v) is 20.4. The molecule has 1 amide bonds. The van der Waals surface area contributed by atoms with Crippen molar-refractivity contribution in [3.63, 3.8) is 0 Å². The molecule has 0 bridgehead atoms.